The number of ether oxygens (including phenoxy) is 1. The molecule has 0 aromatic heterocycles. The van der Waals surface area contributed by atoms with Gasteiger partial charge in [-0.25, -0.2) is 0 Å². The van der Waals surface area contributed by atoms with E-state index in [-0.39, 0.29) is 6.04 Å². The maximum Gasteiger partial charge on any atom is 0.119 e. The Balaban J connectivity index is 2.15. The maximum atomic E-state index is 6.33. The summed E-state index contributed by atoms with van der Waals surface area (Å²) in [7, 11) is 0. The zero-order valence-electron chi connectivity index (χ0n) is 13.6. The van der Waals surface area contributed by atoms with E-state index < -0.39 is 0 Å². The molecule has 1 aliphatic heterocycles. The molecule has 2 aromatic carbocycles. The normalized spacial score (nSPS) is 16.8. The first kappa shape index (κ1) is 15.9. The molecule has 1 unspecified atom stereocenters. The van der Waals surface area contributed by atoms with Gasteiger partial charge in [-0.05, 0) is 62.7 Å². The quantitative estimate of drug-likeness (QED) is 0.851. The van der Waals surface area contributed by atoms with E-state index >= 15 is 0 Å². The first-order valence-electron chi connectivity index (χ1n) is 7.79. The Morgan fingerprint density at radius 1 is 1.17 bits per heavy atom. The van der Waals surface area contributed by atoms with Crippen LogP contribution in [0.3, 0.4) is 0 Å². The van der Waals surface area contributed by atoms with Gasteiger partial charge in [0.25, 0.3) is 0 Å². The highest BCUT2D eigenvalue weighted by atomic mass is 35.5. The molecule has 23 heavy (non-hydrogen) atoms. The van der Waals surface area contributed by atoms with Gasteiger partial charge in [0.2, 0.25) is 0 Å². The second-order valence-corrected chi connectivity index (χ2v) is 6.11. The second-order valence-electron chi connectivity index (χ2n) is 5.71. The van der Waals surface area contributed by atoms with E-state index in [1.807, 2.05) is 38.1 Å². The van der Waals surface area contributed by atoms with E-state index in [0.717, 1.165) is 39.0 Å². The number of nitrogens with two attached hydrogens (primary N) is 1. The van der Waals surface area contributed by atoms with Crippen molar-refractivity contribution in [2.75, 3.05) is 11.5 Å². The van der Waals surface area contributed by atoms with E-state index in [0.29, 0.717) is 6.61 Å². The minimum Gasteiger partial charge on any atom is -0.494 e. The van der Waals surface area contributed by atoms with Crippen LogP contribution in [0.15, 0.2) is 48.2 Å². The summed E-state index contributed by atoms with van der Waals surface area (Å²) in [5.74, 6) is 0.845. The molecular formula is C19H21ClN2O. The van der Waals surface area contributed by atoms with Gasteiger partial charge in [-0.1, -0.05) is 17.7 Å². The van der Waals surface area contributed by atoms with Crippen LogP contribution in [0, 0.1) is 6.92 Å². The van der Waals surface area contributed by atoms with Gasteiger partial charge in [-0.3, -0.25) is 0 Å². The Bertz CT molecular complexity index is 770. The minimum absolute atomic E-state index is 0.138. The molecule has 0 radical (unpaired) electrons. The van der Waals surface area contributed by atoms with Crippen molar-refractivity contribution in [2.24, 2.45) is 5.73 Å². The van der Waals surface area contributed by atoms with Gasteiger partial charge in [-0.15, -0.1) is 0 Å². The summed E-state index contributed by atoms with van der Waals surface area (Å²) in [6.07, 6.45) is 2.07. The number of hydrogen-bond donors (Lipinski definition) is 1. The highest BCUT2D eigenvalue weighted by Gasteiger charge is 2.25. The number of rotatable bonds is 3. The van der Waals surface area contributed by atoms with Crippen molar-refractivity contribution >= 4 is 23.0 Å². The van der Waals surface area contributed by atoms with Crippen molar-refractivity contribution in [1.29, 1.82) is 0 Å². The monoisotopic (exact) mass is 328 g/mol. The van der Waals surface area contributed by atoms with Gasteiger partial charge < -0.3 is 15.4 Å². The van der Waals surface area contributed by atoms with E-state index in [4.69, 9.17) is 22.1 Å². The molecular weight excluding hydrogens is 308 g/mol. The van der Waals surface area contributed by atoms with Crippen LogP contribution in [0.4, 0.5) is 11.4 Å². The Morgan fingerprint density at radius 3 is 2.70 bits per heavy atom. The number of nitrogens with zero attached hydrogens (tertiary/aromatic N) is 1. The molecule has 1 atom stereocenters. The zero-order valence-corrected chi connectivity index (χ0v) is 14.4. The average molecular weight is 329 g/mol. The fraction of sp³-hybridized carbons (Fsp3) is 0.263. The van der Waals surface area contributed by atoms with E-state index in [9.17, 15) is 0 Å². The summed E-state index contributed by atoms with van der Waals surface area (Å²) in [6.45, 7) is 6.72. The number of hydrogen-bond acceptors (Lipinski definition) is 3. The molecule has 1 heterocycles. The topological polar surface area (TPSA) is 38.5 Å². The van der Waals surface area contributed by atoms with Crippen LogP contribution >= 0.6 is 11.6 Å². The first-order chi connectivity index (χ1) is 11.0. The summed E-state index contributed by atoms with van der Waals surface area (Å²) >= 11 is 6.31. The van der Waals surface area contributed by atoms with Gasteiger partial charge in [0.15, 0.2) is 0 Å². The molecule has 4 heteroatoms. The molecule has 120 valence electrons. The molecule has 3 nitrogen and oxygen atoms in total. The second kappa shape index (κ2) is 6.26. The lowest BCUT2D eigenvalue weighted by Gasteiger charge is -2.35. The van der Waals surface area contributed by atoms with Crippen LogP contribution in [0.5, 0.6) is 5.75 Å². The number of halogens is 1. The minimum atomic E-state index is -0.138. The maximum absolute atomic E-state index is 6.33. The molecule has 0 spiro atoms. The summed E-state index contributed by atoms with van der Waals surface area (Å²) in [5, 5.41) is 0.762. The number of anilines is 2. The van der Waals surface area contributed by atoms with Crippen molar-refractivity contribution < 1.29 is 4.74 Å². The predicted octanol–water partition coefficient (Wildman–Crippen LogP) is 5.10. The fourth-order valence-electron chi connectivity index (χ4n) is 3.03. The smallest absolute Gasteiger partial charge is 0.119 e. The fourth-order valence-corrected chi connectivity index (χ4v) is 3.20. The molecule has 0 saturated carbocycles. The van der Waals surface area contributed by atoms with Gasteiger partial charge >= 0.3 is 0 Å². The molecule has 0 amide bonds. The van der Waals surface area contributed by atoms with Crippen molar-refractivity contribution in [3.63, 3.8) is 0 Å². The van der Waals surface area contributed by atoms with Gasteiger partial charge in [-0.2, -0.15) is 0 Å². The van der Waals surface area contributed by atoms with Crippen LogP contribution in [0.2, 0.25) is 5.02 Å². The van der Waals surface area contributed by atoms with Crippen molar-refractivity contribution in [3.05, 3.63) is 64.3 Å². The molecule has 3 rings (SSSR count). The third-order valence-electron chi connectivity index (χ3n) is 4.16. The molecule has 2 aromatic rings. The Labute approximate surface area is 142 Å². The summed E-state index contributed by atoms with van der Waals surface area (Å²) in [6, 6.07) is 11.9. The zero-order chi connectivity index (χ0) is 16.6. The molecule has 0 bridgehead atoms. The third kappa shape index (κ3) is 2.82. The van der Waals surface area contributed by atoms with E-state index in [1.165, 1.54) is 0 Å². The van der Waals surface area contributed by atoms with Crippen LogP contribution in [0.25, 0.3) is 0 Å². The highest BCUT2D eigenvalue weighted by molar-refractivity contribution is 6.31. The Morgan fingerprint density at radius 2 is 1.96 bits per heavy atom. The number of benzene rings is 2. The average Bonchev–Trinajstić information content (AvgIpc) is 2.52. The largest absolute Gasteiger partial charge is 0.494 e. The summed E-state index contributed by atoms with van der Waals surface area (Å²) in [4.78, 5) is 2.20. The lowest BCUT2D eigenvalue weighted by atomic mass is 9.97. The highest BCUT2D eigenvalue weighted by Crippen LogP contribution is 2.42. The molecule has 0 saturated heterocycles. The van der Waals surface area contributed by atoms with Crippen molar-refractivity contribution in [2.45, 2.75) is 26.8 Å². The number of allylic oxidation sites excluding steroid dienone is 1. The van der Waals surface area contributed by atoms with Crippen LogP contribution in [-0.2, 0) is 0 Å². The van der Waals surface area contributed by atoms with Gasteiger partial charge in [0.1, 0.15) is 5.75 Å². The molecule has 2 N–H and O–H groups in total. The van der Waals surface area contributed by atoms with E-state index in [1.54, 1.807) is 0 Å². The Hall–Kier alpha value is -1.97. The summed E-state index contributed by atoms with van der Waals surface area (Å²) in [5.41, 5.74) is 11.7. The van der Waals surface area contributed by atoms with Crippen molar-refractivity contribution in [3.8, 4) is 5.75 Å². The first-order valence-corrected chi connectivity index (χ1v) is 8.16. The van der Waals surface area contributed by atoms with Gasteiger partial charge in [0, 0.05) is 16.3 Å². The molecule has 0 fully saturated rings. The van der Waals surface area contributed by atoms with E-state index in [2.05, 4.69) is 30.0 Å². The molecule has 1 aliphatic rings. The molecule has 0 aliphatic carbocycles. The van der Waals surface area contributed by atoms with Crippen LogP contribution in [-0.4, -0.2) is 6.61 Å². The lowest BCUT2D eigenvalue weighted by Crippen LogP contribution is -2.25. The van der Waals surface area contributed by atoms with Crippen LogP contribution in [0.1, 0.15) is 31.0 Å². The lowest BCUT2D eigenvalue weighted by molar-refractivity contribution is 0.340. The van der Waals surface area contributed by atoms with Crippen molar-refractivity contribution in [1.82, 2.24) is 0 Å². The van der Waals surface area contributed by atoms with Gasteiger partial charge in [0.05, 0.1) is 24.0 Å². The predicted molar refractivity (Wildman–Crippen MR) is 96.6 cm³/mol. The Kier molecular flexibility index (Phi) is 4.33. The number of fused-ring (bicyclic) bond motifs is 1. The third-order valence-corrected chi connectivity index (χ3v) is 4.57. The summed E-state index contributed by atoms with van der Waals surface area (Å²) < 4.78 is 5.62. The SMILES string of the molecule is CCOc1ccc2c(c1)C(N)C=C(C)N2c1cccc(Cl)c1C. The standard InChI is InChI=1S/C19H21ClN2O/c1-4-23-14-8-9-19-15(11-14)17(21)10-12(2)22(19)18-7-5-6-16(20)13(18)3/h5-11,17H,4,21H2,1-3H3. The van der Waals surface area contributed by atoms with Crippen LogP contribution < -0.4 is 15.4 Å².